The molecular formula is C16H22N2O3SSi. The number of hydrogen-bond acceptors (Lipinski definition) is 3. The number of carbonyl (C=O) groups excluding carboxylic acids is 1. The SMILES string of the molecule is C=CC[Si](CC=C)(CC=C)c1ccccc1S(=O)(=O)NC(N)=O. The third kappa shape index (κ3) is 4.43. The molecule has 0 aliphatic carbocycles. The van der Waals surface area contributed by atoms with Crippen molar-refractivity contribution in [3.8, 4) is 0 Å². The number of amides is 2. The highest BCUT2D eigenvalue weighted by molar-refractivity contribution is 7.90. The third-order valence-electron chi connectivity index (χ3n) is 3.59. The monoisotopic (exact) mass is 350 g/mol. The van der Waals surface area contributed by atoms with Crippen LogP contribution in [0.15, 0.2) is 67.1 Å². The van der Waals surface area contributed by atoms with E-state index in [0.717, 1.165) is 0 Å². The molecule has 1 rings (SSSR count). The number of urea groups is 1. The van der Waals surface area contributed by atoms with Crippen LogP contribution in [0.5, 0.6) is 0 Å². The van der Waals surface area contributed by atoms with Gasteiger partial charge in [0.15, 0.2) is 0 Å². The number of allylic oxidation sites excluding steroid dienone is 3. The summed E-state index contributed by atoms with van der Waals surface area (Å²) in [5, 5.41) is 0.716. The van der Waals surface area contributed by atoms with Gasteiger partial charge in [0.05, 0.1) is 13.0 Å². The molecule has 1 aromatic rings. The fourth-order valence-electron chi connectivity index (χ4n) is 2.74. The maximum atomic E-state index is 12.5. The maximum Gasteiger partial charge on any atom is 0.326 e. The van der Waals surface area contributed by atoms with Gasteiger partial charge in [-0.15, -0.1) is 19.7 Å². The molecule has 5 nitrogen and oxygen atoms in total. The number of nitrogens with two attached hydrogens (primary N) is 1. The Morgan fingerprint density at radius 1 is 1.09 bits per heavy atom. The smallest absolute Gasteiger partial charge is 0.326 e. The van der Waals surface area contributed by atoms with Gasteiger partial charge in [-0.3, -0.25) is 0 Å². The standard InChI is InChI=1S/C16H22N2O3SSi/c1-4-11-23(12-5-2,13-6-3)15-10-8-7-9-14(15)22(20,21)18-16(17)19/h4-10H,1-3,11-13H2,(H3,17,18,19). The lowest BCUT2D eigenvalue weighted by Gasteiger charge is -2.31. The molecule has 0 fully saturated rings. The van der Waals surface area contributed by atoms with Crippen LogP contribution in [-0.2, 0) is 10.0 Å². The molecule has 0 spiro atoms. The predicted octanol–water partition coefficient (Wildman–Crippen LogP) is 2.26. The Labute approximate surface area is 138 Å². The van der Waals surface area contributed by atoms with Gasteiger partial charge in [-0.2, -0.15) is 0 Å². The second kappa shape index (κ2) is 7.93. The zero-order chi connectivity index (χ0) is 17.5. The van der Waals surface area contributed by atoms with Crippen LogP contribution in [0.3, 0.4) is 0 Å². The topological polar surface area (TPSA) is 89.3 Å². The lowest BCUT2D eigenvalue weighted by atomic mass is 10.4. The first kappa shape index (κ1) is 18.9. The quantitative estimate of drug-likeness (QED) is 0.529. The largest absolute Gasteiger partial charge is 0.351 e. The maximum absolute atomic E-state index is 12.5. The first-order chi connectivity index (χ1) is 10.8. The number of sulfonamides is 1. The highest BCUT2D eigenvalue weighted by Crippen LogP contribution is 2.25. The van der Waals surface area contributed by atoms with Gasteiger partial charge in [-0.1, -0.05) is 36.4 Å². The van der Waals surface area contributed by atoms with Crippen LogP contribution in [0, 0.1) is 0 Å². The Bertz CT molecular complexity index is 687. The third-order valence-corrected chi connectivity index (χ3v) is 9.96. The van der Waals surface area contributed by atoms with Gasteiger partial charge >= 0.3 is 6.03 Å². The van der Waals surface area contributed by atoms with Gasteiger partial charge in [0, 0.05) is 0 Å². The molecule has 7 heteroatoms. The van der Waals surface area contributed by atoms with Crippen LogP contribution in [0.1, 0.15) is 0 Å². The first-order valence-electron chi connectivity index (χ1n) is 7.07. The number of primary amides is 1. The molecule has 0 aliphatic heterocycles. The van der Waals surface area contributed by atoms with Crippen molar-refractivity contribution >= 4 is 29.3 Å². The van der Waals surface area contributed by atoms with Crippen molar-refractivity contribution < 1.29 is 13.2 Å². The summed E-state index contributed by atoms with van der Waals surface area (Å²) in [7, 11) is -6.32. The van der Waals surface area contributed by atoms with E-state index in [-0.39, 0.29) is 4.90 Å². The molecule has 0 saturated carbocycles. The summed E-state index contributed by atoms with van der Waals surface area (Å²) < 4.78 is 26.7. The van der Waals surface area contributed by atoms with Crippen molar-refractivity contribution in [2.45, 2.75) is 23.0 Å². The highest BCUT2D eigenvalue weighted by Gasteiger charge is 2.36. The van der Waals surface area contributed by atoms with E-state index in [1.807, 2.05) is 4.72 Å². The van der Waals surface area contributed by atoms with E-state index in [1.54, 1.807) is 36.4 Å². The van der Waals surface area contributed by atoms with Crippen molar-refractivity contribution in [1.82, 2.24) is 4.72 Å². The molecule has 0 unspecified atom stereocenters. The van der Waals surface area contributed by atoms with Gasteiger partial charge in [-0.25, -0.2) is 17.9 Å². The first-order valence-corrected chi connectivity index (χ1v) is 11.2. The van der Waals surface area contributed by atoms with E-state index in [2.05, 4.69) is 19.7 Å². The van der Waals surface area contributed by atoms with E-state index in [9.17, 15) is 13.2 Å². The summed E-state index contributed by atoms with van der Waals surface area (Å²) >= 11 is 0. The Hall–Kier alpha value is -2.12. The Morgan fingerprint density at radius 2 is 1.57 bits per heavy atom. The molecule has 23 heavy (non-hydrogen) atoms. The average molecular weight is 351 g/mol. The lowest BCUT2D eigenvalue weighted by molar-refractivity contribution is 0.253. The van der Waals surface area contributed by atoms with Crippen molar-refractivity contribution in [3.05, 3.63) is 62.2 Å². The van der Waals surface area contributed by atoms with E-state index in [4.69, 9.17) is 5.73 Å². The van der Waals surface area contributed by atoms with Crippen LogP contribution in [0.2, 0.25) is 18.1 Å². The van der Waals surface area contributed by atoms with Crippen LogP contribution >= 0.6 is 0 Å². The van der Waals surface area contributed by atoms with Crippen molar-refractivity contribution in [3.63, 3.8) is 0 Å². The highest BCUT2D eigenvalue weighted by atomic mass is 32.2. The minimum Gasteiger partial charge on any atom is -0.351 e. The van der Waals surface area contributed by atoms with E-state index < -0.39 is 24.1 Å². The second-order valence-corrected chi connectivity index (χ2v) is 11.2. The van der Waals surface area contributed by atoms with Crippen LogP contribution in [0.25, 0.3) is 0 Å². The van der Waals surface area contributed by atoms with Crippen molar-refractivity contribution in [2.75, 3.05) is 0 Å². The summed E-state index contributed by atoms with van der Waals surface area (Å²) in [6, 6.07) is 7.60. The molecule has 0 radical (unpaired) electrons. The molecule has 0 atom stereocenters. The number of rotatable bonds is 9. The average Bonchev–Trinajstić information content (AvgIpc) is 2.46. The number of benzene rings is 1. The Morgan fingerprint density at radius 3 is 2.00 bits per heavy atom. The molecule has 0 heterocycles. The zero-order valence-electron chi connectivity index (χ0n) is 13.0. The molecule has 124 valence electrons. The molecule has 2 amide bonds. The van der Waals surface area contributed by atoms with E-state index >= 15 is 0 Å². The molecular weight excluding hydrogens is 328 g/mol. The Balaban J connectivity index is 3.61. The van der Waals surface area contributed by atoms with Crippen molar-refractivity contribution in [1.29, 1.82) is 0 Å². The molecule has 1 aromatic carbocycles. The number of hydrogen-bond donors (Lipinski definition) is 2. The van der Waals surface area contributed by atoms with E-state index in [0.29, 0.717) is 23.3 Å². The van der Waals surface area contributed by atoms with Gasteiger partial charge in [0.25, 0.3) is 10.0 Å². The normalized spacial score (nSPS) is 11.5. The Kier molecular flexibility index (Phi) is 6.53. The fourth-order valence-corrected chi connectivity index (χ4v) is 8.65. The minimum absolute atomic E-state index is 0.0796. The van der Waals surface area contributed by atoms with Gasteiger partial charge in [0.1, 0.15) is 0 Å². The summed E-state index contributed by atoms with van der Waals surface area (Å²) in [5.74, 6) is 0. The summed E-state index contributed by atoms with van der Waals surface area (Å²) in [4.78, 5) is 11.1. The molecule has 0 aromatic heterocycles. The minimum atomic E-state index is -4.02. The van der Waals surface area contributed by atoms with Gasteiger partial charge in [-0.05, 0) is 29.4 Å². The molecule has 0 saturated heterocycles. The summed E-state index contributed by atoms with van der Waals surface area (Å²) in [5.41, 5.74) is 4.98. The predicted molar refractivity (Wildman–Crippen MR) is 96.7 cm³/mol. The fraction of sp³-hybridized carbons (Fsp3) is 0.188. The van der Waals surface area contributed by atoms with Crippen molar-refractivity contribution in [2.24, 2.45) is 5.73 Å². The summed E-state index contributed by atoms with van der Waals surface area (Å²) in [6.07, 6.45) is 5.39. The number of carbonyl (C=O) groups is 1. The molecule has 3 N–H and O–H groups in total. The van der Waals surface area contributed by atoms with Crippen LogP contribution in [0.4, 0.5) is 4.79 Å². The molecule has 0 aliphatic rings. The van der Waals surface area contributed by atoms with Crippen LogP contribution in [-0.4, -0.2) is 22.5 Å². The van der Waals surface area contributed by atoms with E-state index in [1.165, 1.54) is 6.07 Å². The van der Waals surface area contributed by atoms with Gasteiger partial charge < -0.3 is 5.73 Å². The van der Waals surface area contributed by atoms with Crippen LogP contribution < -0.4 is 15.6 Å². The molecule has 0 bridgehead atoms. The second-order valence-electron chi connectivity index (χ2n) is 5.22. The van der Waals surface area contributed by atoms with Gasteiger partial charge in [0.2, 0.25) is 0 Å². The lowest BCUT2D eigenvalue weighted by Crippen LogP contribution is -2.50. The zero-order valence-corrected chi connectivity index (χ0v) is 14.8. The summed E-state index contributed by atoms with van der Waals surface area (Å²) in [6.45, 7) is 11.4. The number of nitrogens with one attached hydrogen (secondary N) is 1.